The predicted molar refractivity (Wildman–Crippen MR) is 56.2 cm³/mol. The van der Waals surface area contributed by atoms with Crippen LogP contribution in [-0.2, 0) is 0 Å². The number of hydrogen-bond donors (Lipinski definition) is 1. The van der Waals surface area contributed by atoms with Crippen LogP contribution >= 0.6 is 15.9 Å². The summed E-state index contributed by atoms with van der Waals surface area (Å²) in [7, 11) is 0. The highest BCUT2D eigenvalue weighted by Gasteiger charge is 2.02. The SMILES string of the molecule is Cc1cc(OCCO)cc(C)c1Br. The van der Waals surface area contributed by atoms with Crippen LogP contribution in [0.3, 0.4) is 0 Å². The lowest BCUT2D eigenvalue weighted by Gasteiger charge is -2.08. The molecule has 0 aliphatic carbocycles. The van der Waals surface area contributed by atoms with Crippen molar-refractivity contribution in [2.45, 2.75) is 13.8 Å². The molecule has 13 heavy (non-hydrogen) atoms. The number of hydrogen-bond acceptors (Lipinski definition) is 2. The van der Waals surface area contributed by atoms with Gasteiger partial charge in [-0.05, 0) is 37.1 Å². The van der Waals surface area contributed by atoms with Crippen LogP contribution in [0.5, 0.6) is 5.75 Å². The first-order chi connectivity index (χ1) is 6.15. The Kier molecular flexibility index (Phi) is 3.75. The summed E-state index contributed by atoms with van der Waals surface area (Å²) in [6.07, 6.45) is 0. The van der Waals surface area contributed by atoms with Gasteiger partial charge in [0.1, 0.15) is 12.4 Å². The normalized spacial score (nSPS) is 10.2. The van der Waals surface area contributed by atoms with Gasteiger partial charge < -0.3 is 9.84 Å². The monoisotopic (exact) mass is 244 g/mol. The average molecular weight is 245 g/mol. The Morgan fingerprint density at radius 2 is 1.85 bits per heavy atom. The molecule has 0 aromatic heterocycles. The van der Waals surface area contributed by atoms with Gasteiger partial charge >= 0.3 is 0 Å². The lowest BCUT2D eigenvalue weighted by atomic mass is 10.1. The molecule has 0 aliphatic heterocycles. The van der Waals surface area contributed by atoms with Crippen LogP contribution < -0.4 is 4.74 Å². The molecule has 3 heteroatoms. The number of benzene rings is 1. The Hall–Kier alpha value is -0.540. The molecule has 72 valence electrons. The first-order valence-corrected chi connectivity index (χ1v) is 4.95. The van der Waals surface area contributed by atoms with E-state index in [9.17, 15) is 0 Å². The van der Waals surface area contributed by atoms with Gasteiger partial charge in [-0.1, -0.05) is 15.9 Å². The fraction of sp³-hybridized carbons (Fsp3) is 0.400. The molecule has 0 aliphatic rings. The van der Waals surface area contributed by atoms with Crippen molar-refractivity contribution < 1.29 is 9.84 Å². The van der Waals surface area contributed by atoms with E-state index in [2.05, 4.69) is 15.9 Å². The maximum absolute atomic E-state index is 8.59. The van der Waals surface area contributed by atoms with Gasteiger partial charge in [0, 0.05) is 4.47 Å². The highest BCUT2D eigenvalue weighted by atomic mass is 79.9. The predicted octanol–water partition coefficient (Wildman–Crippen LogP) is 2.44. The van der Waals surface area contributed by atoms with Crippen LogP contribution in [0.15, 0.2) is 16.6 Å². The summed E-state index contributed by atoms with van der Waals surface area (Å²) in [5, 5.41) is 8.59. The van der Waals surface area contributed by atoms with Crippen molar-refractivity contribution >= 4 is 15.9 Å². The summed E-state index contributed by atoms with van der Waals surface area (Å²) < 4.78 is 6.42. The molecule has 2 nitrogen and oxygen atoms in total. The lowest BCUT2D eigenvalue weighted by Crippen LogP contribution is -2.02. The molecule has 0 unspecified atom stereocenters. The van der Waals surface area contributed by atoms with Gasteiger partial charge in [0.15, 0.2) is 0 Å². The number of aliphatic hydroxyl groups excluding tert-OH is 1. The van der Waals surface area contributed by atoms with Crippen molar-refractivity contribution in [3.8, 4) is 5.75 Å². The smallest absolute Gasteiger partial charge is 0.120 e. The Morgan fingerprint density at radius 1 is 1.31 bits per heavy atom. The summed E-state index contributed by atoms with van der Waals surface area (Å²) in [5.41, 5.74) is 2.29. The molecular weight excluding hydrogens is 232 g/mol. The molecule has 1 aromatic rings. The summed E-state index contributed by atoms with van der Waals surface area (Å²) in [6.45, 7) is 4.43. The van der Waals surface area contributed by atoms with Crippen LogP contribution in [-0.4, -0.2) is 18.3 Å². The molecular formula is C10H13BrO2. The third-order valence-electron chi connectivity index (χ3n) is 1.77. The second-order valence-corrected chi connectivity index (χ2v) is 3.74. The van der Waals surface area contributed by atoms with Crippen LogP contribution in [0.4, 0.5) is 0 Å². The first-order valence-electron chi connectivity index (χ1n) is 4.15. The average Bonchev–Trinajstić information content (AvgIpc) is 2.10. The van der Waals surface area contributed by atoms with Gasteiger partial charge in [0.05, 0.1) is 6.61 Å². The second-order valence-electron chi connectivity index (χ2n) is 2.94. The van der Waals surface area contributed by atoms with Crippen molar-refractivity contribution in [3.63, 3.8) is 0 Å². The quantitative estimate of drug-likeness (QED) is 0.886. The van der Waals surface area contributed by atoms with Gasteiger partial charge in [-0.15, -0.1) is 0 Å². The van der Waals surface area contributed by atoms with E-state index in [1.54, 1.807) is 0 Å². The number of halogens is 1. The van der Waals surface area contributed by atoms with Crippen LogP contribution in [0.2, 0.25) is 0 Å². The van der Waals surface area contributed by atoms with E-state index < -0.39 is 0 Å². The summed E-state index contributed by atoms with van der Waals surface area (Å²) in [5.74, 6) is 0.812. The van der Waals surface area contributed by atoms with Crippen LogP contribution in [0.25, 0.3) is 0 Å². The zero-order chi connectivity index (χ0) is 9.84. The molecule has 0 saturated carbocycles. The Bertz CT molecular complexity index is 274. The third-order valence-corrected chi connectivity index (χ3v) is 3.02. The Balaban J connectivity index is 2.86. The van der Waals surface area contributed by atoms with Gasteiger partial charge in [0.2, 0.25) is 0 Å². The van der Waals surface area contributed by atoms with Crippen molar-refractivity contribution in [2.24, 2.45) is 0 Å². The standard InChI is InChI=1S/C10H13BrO2/c1-7-5-9(13-4-3-12)6-8(2)10(7)11/h5-6,12H,3-4H2,1-2H3. The summed E-state index contributed by atoms with van der Waals surface area (Å²) in [4.78, 5) is 0. The molecule has 0 bridgehead atoms. The van der Waals surface area contributed by atoms with Gasteiger partial charge in [-0.3, -0.25) is 0 Å². The fourth-order valence-electron chi connectivity index (χ4n) is 1.15. The molecule has 0 atom stereocenters. The minimum atomic E-state index is 0.0498. The van der Waals surface area contributed by atoms with Gasteiger partial charge in [0.25, 0.3) is 0 Å². The molecule has 1 N–H and O–H groups in total. The first kappa shape index (κ1) is 10.5. The molecule has 0 spiro atoms. The molecule has 0 radical (unpaired) electrons. The minimum absolute atomic E-state index is 0.0498. The minimum Gasteiger partial charge on any atom is -0.491 e. The number of aryl methyl sites for hydroxylation is 2. The van der Waals surface area contributed by atoms with E-state index in [4.69, 9.17) is 9.84 Å². The van der Waals surface area contributed by atoms with Gasteiger partial charge in [-0.25, -0.2) is 0 Å². The largest absolute Gasteiger partial charge is 0.491 e. The summed E-state index contributed by atoms with van der Waals surface area (Å²) >= 11 is 3.48. The molecule has 1 rings (SSSR count). The second kappa shape index (κ2) is 4.63. The zero-order valence-electron chi connectivity index (χ0n) is 7.80. The van der Waals surface area contributed by atoms with Crippen LogP contribution in [0.1, 0.15) is 11.1 Å². The molecule has 1 aromatic carbocycles. The number of ether oxygens (including phenoxy) is 1. The van der Waals surface area contributed by atoms with E-state index in [1.807, 2.05) is 26.0 Å². The van der Waals surface area contributed by atoms with E-state index in [-0.39, 0.29) is 6.61 Å². The topological polar surface area (TPSA) is 29.5 Å². The zero-order valence-corrected chi connectivity index (χ0v) is 9.39. The Morgan fingerprint density at radius 3 is 2.31 bits per heavy atom. The third kappa shape index (κ3) is 2.71. The summed E-state index contributed by atoms with van der Waals surface area (Å²) in [6, 6.07) is 3.90. The van der Waals surface area contributed by atoms with Crippen molar-refractivity contribution in [1.82, 2.24) is 0 Å². The molecule has 0 fully saturated rings. The van der Waals surface area contributed by atoms with Crippen molar-refractivity contribution in [3.05, 3.63) is 27.7 Å². The molecule has 0 saturated heterocycles. The maximum Gasteiger partial charge on any atom is 0.120 e. The van der Waals surface area contributed by atoms with E-state index >= 15 is 0 Å². The van der Waals surface area contributed by atoms with Gasteiger partial charge in [-0.2, -0.15) is 0 Å². The Labute approximate surface area is 86.7 Å². The van der Waals surface area contributed by atoms with Crippen LogP contribution in [0, 0.1) is 13.8 Å². The number of aliphatic hydroxyl groups is 1. The number of rotatable bonds is 3. The molecule has 0 amide bonds. The maximum atomic E-state index is 8.59. The highest BCUT2D eigenvalue weighted by Crippen LogP contribution is 2.26. The molecule has 0 heterocycles. The van der Waals surface area contributed by atoms with E-state index in [0.717, 1.165) is 21.3 Å². The van der Waals surface area contributed by atoms with E-state index in [1.165, 1.54) is 0 Å². The van der Waals surface area contributed by atoms with Crippen molar-refractivity contribution in [2.75, 3.05) is 13.2 Å². The lowest BCUT2D eigenvalue weighted by molar-refractivity contribution is 0.201. The fourth-order valence-corrected chi connectivity index (χ4v) is 1.38. The van der Waals surface area contributed by atoms with E-state index in [0.29, 0.717) is 6.61 Å². The highest BCUT2D eigenvalue weighted by molar-refractivity contribution is 9.10. The van der Waals surface area contributed by atoms with Crippen molar-refractivity contribution in [1.29, 1.82) is 0 Å².